The number of rotatable bonds is 3. The molecule has 20 heavy (non-hydrogen) atoms. The van der Waals surface area contributed by atoms with Gasteiger partial charge in [0.05, 0.1) is 6.10 Å². The van der Waals surface area contributed by atoms with Crippen LogP contribution >= 0.6 is 0 Å². The van der Waals surface area contributed by atoms with Crippen molar-refractivity contribution in [3.05, 3.63) is 59.7 Å². The van der Waals surface area contributed by atoms with E-state index in [-0.39, 0.29) is 6.10 Å². The van der Waals surface area contributed by atoms with E-state index < -0.39 is 0 Å². The highest BCUT2D eigenvalue weighted by atomic mass is 16.7. The van der Waals surface area contributed by atoms with Crippen LogP contribution < -0.4 is 9.47 Å². The topological polar surface area (TPSA) is 38.7 Å². The lowest BCUT2D eigenvalue weighted by molar-refractivity contribution is 0.151. The van der Waals surface area contributed by atoms with Gasteiger partial charge in [0, 0.05) is 0 Å². The fourth-order valence-corrected chi connectivity index (χ4v) is 2.99. The molecule has 0 saturated heterocycles. The van der Waals surface area contributed by atoms with Crippen molar-refractivity contribution in [2.75, 3.05) is 6.79 Å². The van der Waals surface area contributed by atoms with E-state index >= 15 is 0 Å². The molecule has 2 aromatic rings. The van der Waals surface area contributed by atoms with Crippen molar-refractivity contribution in [1.29, 1.82) is 0 Å². The standard InChI is InChI=1S/C17H16O3/c18-17(11-4-2-1-3-5-11)14-9-13(14)12-6-7-15-16(8-12)20-10-19-15/h1-8,13-14,17-18H,9-10H2/t13-,14+,17?/m0/s1. The van der Waals surface area contributed by atoms with Crippen LogP contribution in [0, 0.1) is 5.92 Å². The fourth-order valence-electron chi connectivity index (χ4n) is 2.99. The first-order valence-electron chi connectivity index (χ1n) is 6.95. The zero-order chi connectivity index (χ0) is 13.5. The molecule has 3 heteroatoms. The molecule has 2 aliphatic rings. The highest BCUT2D eigenvalue weighted by Crippen LogP contribution is 2.55. The Hall–Kier alpha value is -2.00. The van der Waals surface area contributed by atoms with Crippen LogP contribution in [0.2, 0.25) is 0 Å². The summed E-state index contributed by atoms with van der Waals surface area (Å²) in [5.74, 6) is 2.36. The first-order valence-corrected chi connectivity index (χ1v) is 6.95. The van der Waals surface area contributed by atoms with E-state index in [0.717, 1.165) is 23.5 Å². The molecule has 1 N–H and O–H groups in total. The van der Waals surface area contributed by atoms with E-state index in [2.05, 4.69) is 6.07 Å². The number of ether oxygens (including phenoxy) is 2. The number of benzene rings is 2. The second-order valence-corrected chi connectivity index (χ2v) is 5.47. The van der Waals surface area contributed by atoms with Crippen molar-refractivity contribution in [2.45, 2.75) is 18.4 Å². The van der Waals surface area contributed by atoms with Crippen molar-refractivity contribution >= 4 is 0 Å². The lowest BCUT2D eigenvalue weighted by Crippen LogP contribution is -2.01. The highest BCUT2D eigenvalue weighted by molar-refractivity contribution is 5.46. The maximum absolute atomic E-state index is 10.4. The van der Waals surface area contributed by atoms with Gasteiger partial charge in [0.1, 0.15) is 0 Å². The van der Waals surface area contributed by atoms with Crippen LogP contribution in [0.15, 0.2) is 48.5 Å². The average molecular weight is 268 g/mol. The molecule has 3 atom stereocenters. The minimum atomic E-state index is -0.383. The van der Waals surface area contributed by atoms with Crippen LogP contribution in [0.1, 0.15) is 29.6 Å². The molecule has 4 rings (SSSR count). The number of hydrogen-bond acceptors (Lipinski definition) is 3. The van der Waals surface area contributed by atoms with Gasteiger partial charge in [-0.2, -0.15) is 0 Å². The van der Waals surface area contributed by atoms with E-state index in [9.17, 15) is 5.11 Å². The van der Waals surface area contributed by atoms with Gasteiger partial charge in [0.25, 0.3) is 0 Å². The number of aliphatic hydroxyl groups is 1. The molecule has 1 saturated carbocycles. The smallest absolute Gasteiger partial charge is 0.231 e. The minimum Gasteiger partial charge on any atom is -0.454 e. The van der Waals surface area contributed by atoms with Gasteiger partial charge in [0.2, 0.25) is 6.79 Å². The largest absolute Gasteiger partial charge is 0.454 e. The molecule has 1 fully saturated rings. The van der Waals surface area contributed by atoms with E-state index in [1.165, 1.54) is 5.56 Å². The molecule has 102 valence electrons. The second-order valence-electron chi connectivity index (χ2n) is 5.47. The molecule has 0 bridgehead atoms. The number of hydrogen-bond donors (Lipinski definition) is 1. The SMILES string of the molecule is OC(c1ccccc1)[C@@H]1C[C@H]1c1ccc2c(c1)OCO2. The zero-order valence-corrected chi connectivity index (χ0v) is 11.0. The quantitative estimate of drug-likeness (QED) is 0.928. The van der Waals surface area contributed by atoms with Crippen LogP contribution in [0.4, 0.5) is 0 Å². The first-order chi connectivity index (χ1) is 9.83. The summed E-state index contributed by atoms with van der Waals surface area (Å²) >= 11 is 0. The van der Waals surface area contributed by atoms with Crippen molar-refractivity contribution < 1.29 is 14.6 Å². The summed E-state index contributed by atoms with van der Waals surface area (Å²) < 4.78 is 10.7. The molecule has 0 aromatic heterocycles. The average Bonchev–Trinajstić information content (AvgIpc) is 3.17. The fraction of sp³-hybridized carbons (Fsp3) is 0.294. The summed E-state index contributed by atoms with van der Waals surface area (Å²) in [5, 5.41) is 10.4. The zero-order valence-electron chi connectivity index (χ0n) is 11.0. The van der Waals surface area contributed by atoms with Crippen molar-refractivity contribution in [2.24, 2.45) is 5.92 Å². The first kappa shape index (κ1) is 11.8. The molecule has 1 aliphatic carbocycles. The molecule has 2 aromatic carbocycles. The van der Waals surface area contributed by atoms with Gasteiger partial charge in [-0.15, -0.1) is 0 Å². The van der Waals surface area contributed by atoms with Gasteiger partial charge >= 0.3 is 0 Å². The molecule has 3 nitrogen and oxygen atoms in total. The van der Waals surface area contributed by atoms with Crippen LogP contribution in [-0.4, -0.2) is 11.9 Å². The summed E-state index contributed by atoms with van der Waals surface area (Å²) in [6.07, 6.45) is 0.641. The van der Waals surface area contributed by atoms with Crippen LogP contribution in [-0.2, 0) is 0 Å². The monoisotopic (exact) mass is 268 g/mol. The number of aliphatic hydroxyl groups excluding tert-OH is 1. The van der Waals surface area contributed by atoms with Gasteiger partial charge in [-0.25, -0.2) is 0 Å². The molecule has 1 heterocycles. The molecule has 0 radical (unpaired) electrons. The molecule has 1 aliphatic heterocycles. The Bertz CT molecular complexity index is 623. The Kier molecular flexibility index (Phi) is 2.67. The summed E-state index contributed by atoms with van der Waals surface area (Å²) in [6.45, 7) is 0.305. The Labute approximate surface area is 117 Å². The maximum Gasteiger partial charge on any atom is 0.231 e. The third-order valence-electron chi connectivity index (χ3n) is 4.21. The van der Waals surface area contributed by atoms with E-state index in [1.54, 1.807) is 0 Å². The molecular weight excluding hydrogens is 252 g/mol. The van der Waals surface area contributed by atoms with Gasteiger partial charge in [0.15, 0.2) is 11.5 Å². The Balaban J connectivity index is 1.52. The summed E-state index contributed by atoms with van der Waals surface area (Å²) in [7, 11) is 0. The van der Waals surface area contributed by atoms with Gasteiger partial charge in [-0.1, -0.05) is 36.4 Å². The second kappa shape index (κ2) is 4.53. The predicted octanol–water partition coefficient (Wildman–Crippen LogP) is 3.25. The lowest BCUT2D eigenvalue weighted by Gasteiger charge is -2.10. The summed E-state index contributed by atoms with van der Waals surface area (Å²) in [6, 6.07) is 16.0. The van der Waals surface area contributed by atoms with Crippen LogP contribution in [0.3, 0.4) is 0 Å². The summed E-state index contributed by atoms with van der Waals surface area (Å²) in [4.78, 5) is 0. The Morgan fingerprint density at radius 3 is 2.65 bits per heavy atom. The Morgan fingerprint density at radius 2 is 1.80 bits per heavy atom. The third kappa shape index (κ3) is 1.95. The molecule has 0 amide bonds. The van der Waals surface area contributed by atoms with Crippen LogP contribution in [0.25, 0.3) is 0 Å². The van der Waals surface area contributed by atoms with E-state index in [1.807, 2.05) is 42.5 Å². The van der Waals surface area contributed by atoms with Crippen molar-refractivity contribution in [1.82, 2.24) is 0 Å². The van der Waals surface area contributed by atoms with Crippen molar-refractivity contribution in [3.8, 4) is 11.5 Å². The van der Waals surface area contributed by atoms with Gasteiger partial charge < -0.3 is 14.6 Å². The van der Waals surface area contributed by atoms with E-state index in [0.29, 0.717) is 18.6 Å². The predicted molar refractivity (Wildman–Crippen MR) is 74.8 cm³/mol. The van der Waals surface area contributed by atoms with Gasteiger partial charge in [-0.3, -0.25) is 0 Å². The van der Waals surface area contributed by atoms with Crippen LogP contribution in [0.5, 0.6) is 11.5 Å². The third-order valence-corrected chi connectivity index (χ3v) is 4.21. The summed E-state index contributed by atoms with van der Waals surface area (Å²) in [5.41, 5.74) is 2.23. The normalized spacial score (nSPS) is 24.4. The Morgan fingerprint density at radius 1 is 1.00 bits per heavy atom. The lowest BCUT2D eigenvalue weighted by atomic mass is 10.0. The number of fused-ring (bicyclic) bond motifs is 1. The highest BCUT2D eigenvalue weighted by Gasteiger charge is 2.44. The van der Waals surface area contributed by atoms with Crippen molar-refractivity contribution in [3.63, 3.8) is 0 Å². The minimum absolute atomic E-state index is 0.303. The molecular formula is C17H16O3. The van der Waals surface area contributed by atoms with E-state index in [4.69, 9.17) is 9.47 Å². The molecule has 0 spiro atoms. The maximum atomic E-state index is 10.4. The van der Waals surface area contributed by atoms with Gasteiger partial charge in [-0.05, 0) is 41.5 Å². The molecule has 1 unspecified atom stereocenters.